The van der Waals surface area contributed by atoms with Crippen molar-refractivity contribution in [3.05, 3.63) is 70.0 Å². The van der Waals surface area contributed by atoms with E-state index in [1.54, 1.807) is 0 Å². The Kier molecular flexibility index (Phi) is 5.74. The molecule has 0 fully saturated rings. The van der Waals surface area contributed by atoms with E-state index in [2.05, 4.69) is 23.2 Å². The van der Waals surface area contributed by atoms with Gasteiger partial charge in [0.2, 0.25) is 5.16 Å². The Bertz CT molecular complexity index is 892. The van der Waals surface area contributed by atoms with E-state index in [1.807, 2.05) is 50.2 Å². The molecule has 1 aromatic heterocycles. The van der Waals surface area contributed by atoms with Crippen molar-refractivity contribution in [1.29, 1.82) is 0 Å². The SMILES string of the molecule is Cc1cc(C)cc(OCc2nnc(SC(C)c3ccccc3Cl)n2N)c1. The molecule has 0 bridgehead atoms. The van der Waals surface area contributed by atoms with Crippen LogP contribution in [0.5, 0.6) is 5.75 Å². The van der Waals surface area contributed by atoms with E-state index in [0.29, 0.717) is 11.0 Å². The molecular weight excluding hydrogens is 368 g/mol. The summed E-state index contributed by atoms with van der Waals surface area (Å²) in [4.78, 5) is 0. The molecule has 3 aromatic rings. The molecular formula is C19H21ClN4OS. The van der Waals surface area contributed by atoms with Gasteiger partial charge in [0.15, 0.2) is 5.82 Å². The van der Waals surface area contributed by atoms with Gasteiger partial charge in [-0.1, -0.05) is 47.6 Å². The van der Waals surface area contributed by atoms with Crippen LogP contribution in [-0.2, 0) is 6.61 Å². The Balaban J connectivity index is 1.69. The lowest BCUT2D eigenvalue weighted by molar-refractivity contribution is 0.291. The summed E-state index contributed by atoms with van der Waals surface area (Å²) < 4.78 is 7.30. The third kappa shape index (κ3) is 4.31. The first-order valence-corrected chi connectivity index (χ1v) is 9.51. The van der Waals surface area contributed by atoms with Crippen LogP contribution in [0.25, 0.3) is 0 Å². The first-order chi connectivity index (χ1) is 12.4. The summed E-state index contributed by atoms with van der Waals surface area (Å²) in [5.74, 6) is 7.51. The molecule has 0 amide bonds. The highest BCUT2D eigenvalue weighted by atomic mass is 35.5. The molecule has 0 aliphatic rings. The van der Waals surface area contributed by atoms with Crippen LogP contribution in [0, 0.1) is 13.8 Å². The largest absolute Gasteiger partial charge is 0.486 e. The Labute approximate surface area is 162 Å². The van der Waals surface area contributed by atoms with Crippen LogP contribution in [-0.4, -0.2) is 14.9 Å². The van der Waals surface area contributed by atoms with Crippen LogP contribution in [0.4, 0.5) is 0 Å². The van der Waals surface area contributed by atoms with Crippen molar-refractivity contribution >= 4 is 23.4 Å². The number of ether oxygens (including phenoxy) is 1. The van der Waals surface area contributed by atoms with E-state index in [9.17, 15) is 0 Å². The van der Waals surface area contributed by atoms with Gasteiger partial charge in [-0.3, -0.25) is 0 Å². The number of aromatic nitrogens is 3. The van der Waals surface area contributed by atoms with Crippen molar-refractivity contribution in [2.75, 3.05) is 5.84 Å². The van der Waals surface area contributed by atoms with Crippen LogP contribution in [0.1, 0.15) is 34.7 Å². The molecule has 3 rings (SSSR count). The van der Waals surface area contributed by atoms with Crippen molar-refractivity contribution < 1.29 is 4.74 Å². The average Bonchev–Trinajstić information content (AvgIpc) is 2.92. The van der Waals surface area contributed by atoms with Gasteiger partial charge in [0, 0.05) is 10.3 Å². The molecule has 136 valence electrons. The van der Waals surface area contributed by atoms with E-state index in [1.165, 1.54) is 16.4 Å². The summed E-state index contributed by atoms with van der Waals surface area (Å²) in [5, 5.41) is 9.79. The molecule has 0 spiro atoms. The van der Waals surface area contributed by atoms with Crippen molar-refractivity contribution in [3.8, 4) is 5.75 Å². The van der Waals surface area contributed by atoms with Gasteiger partial charge < -0.3 is 10.6 Å². The predicted octanol–water partition coefficient (Wildman–Crippen LogP) is 4.69. The number of nitrogen functional groups attached to an aromatic ring is 1. The maximum absolute atomic E-state index is 6.27. The van der Waals surface area contributed by atoms with Crippen molar-refractivity contribution in [1.82, 2.24) is 14.9 Å². The molecule has 5 nitrogen and oxygen atoms in total. The van der Waals surface area contributed by atoms with Crippen LogP contribution in [0.2, 0.25) is 5.02 Å². The summed E-state index contributed by atoms with van der Waals surface area (Å²) in [6, 6.07) is 13.8. The van der Waals surface area contributed by atoms with Gasteiger partial charge in [0.1, 0.15) is 12.4 Å². The fraction of sp³-hybridized carbons (Fsp3) is 0.263. The van der Waals surface area contributed by atoms with Crippen molar-refractivity contribution in [3.63, 3.8) is 0 Å². The average molecular weight is 389 g/mol. The van der Waals surface area contributed by atoms with E-state index in [-0.39, 0.29) is 11.9 Å². The topological polar surface area (TPSA) is 66.0 Å². The number of thioether (sulfide) groups is 1. The number of nitrogens with two attached hydrogens (primary N) is 1. The second-order valence-corrected chi connectivity index (χ2v) is 7.88. The van der Waals surface area contributed by atoms with Gasteiger partial charge in [-0.15, -0.1) is 10.2 Å². The minimum Gasteiger partial charge on any atom is -0.486 e. The second kappa shape index (κ2) is 8.01. The zero-order chi connectivity index (χ0) is 18.7. The highest BCUT2D eigenvalue weighted by molar-refractivity contribution is 7.99. The van der Waals surface area contributed by atoms with E-state index in [0.717, 1.165) is 27.5 Å². The lowest BCUT2D eigenvalue weighted by Crippen LogP contribution is -2.16. The lowest BCUT2D eigenvalue weighted by Gasteiger charge is -2.12. The Hall–Kier alpha value is -2.18. The highest BCUT2D eigenvalue weighted by Crippen LogP contribution is 2.36. The summed E-state index contributed by atoms with van der Waals surface area (Å²) in [5.41, 5.74) is 3.34. The van der Waals surface area contributed by atoms with Gasteiger partial charge in [-0.05, 0) is 55.7 Å². The quantitative estimate of drug-likeness (QED) is 0.490. The smallest absolute Gasteiger partial charge is 0.210 e. The number of hydrogen-bond donors (Lipinski definition) is 1. The van der Waals surface area contributed by atoms with E-state index >= 15 is 0 Å². The molecule has 2 N–H and O–H groups in total. The Morgan fingerprint density at radius 3 is 2.54 bits per heavy atom. The van der Waals surface area contributed by atoms with Gasteiger partial charge in [-0.25, -0.2) is 4.68 Å². The molecule has 0 saturated carbocycles. The zero-order valence-electron chi connectivity index (χ0n) is 14.9. The molecule has 26 heavy (non-hydrogen) atoms. The van der Waals surface area contributed by atoms with Gasteiger partial charge >= 0.3 is 0 Å². The second-order valence-electron chi connectivity index (χ2n) is 6.16. The minimum absolute atomic E-state index is 0.100. The summed E-state index contributed by atoms with van der Waals surface area (Å²) in [6.45, 7) is 6.39. The first-order valence-electron chi connectivity index (χ1n) is 8.25. The summed E-state index contributed by atoms with van der Waals surface area (Å²) in [7, 11) is 0. The predicted molar refractivity (Wildman–Crippen MR) is 106 cm³/mol. The van der Waals surface area contributed by atoms with Gasteiger partial charge in [-0.2, -0.15) is 0 Å². The number of halogens is 1. The molecule has 0 radical (unpaired) electrons. The molecule has 1 unspecified atom stereocenters. The van der Waals surface area contributed by atoms with E-state index < -0.39 is 0 Å². The number of nitrogens with zero attached hydrogens (tertiary/aromatic N) is 3. The first kappa shape index (κ1) is 18.6. The number of aryl methyl sites for hydroxylation is 2. The fourth-order valence-corrected chi connectivity index (χ4v) is 4.00. The molecule has 7 heteroatoms. The molecule has 1 atom stereocenters. The van der Waals surface area contributed by atoms with E-state index in [4.69, 9.17) is 22.2 Å². The number of hydrogen-bond acceptors (Lipinski definition) is 5. The minimum atomic E-state index is 0.100. The Morgan fingerprint density at radius 2 is 1.85 bits per heavy atom. The third-order valence-electron chi connectivity index (χ3n) is 3.92. The van der Waals surface area contributed by atoms with Gasteiger partial charge in [0.05, 0.1) is 0 Å². The molecule has 0 aliphatic carbocycles. The van der Waals surface area contributed by atoms with Gasteiger partial charge in [0.25, 0.3) is 0 Å². The number of rotatable bonds is 6. The molecule has 1 heterocycles. The van der Waals surface area contributed by atoms with Crippen LogP contribution >= 0.6 is 23.4 Å². The molecule has 0 saturated heterocycles. The molecule has 2 aromatic carbocycles. The van der Waals surface area contributed by atoms with Crippen molar-refractivity contribution in [2.45, 2.75) is 37.8 Å². The fourth-order valence-electron chi connectivity index (χ4n) is 2.68. The summed E-state index contributed by atoms with van der Waals surface area (Å²) >= 11 is 7.78. The Morgan fingerprint density at radius 1 is 1.15 bits per heavy atom. The van der Waals surface area contributed by atoms with Crippen LogP contribution in [0.15, 0.2) is 47.6 Å². The molecule has 0 aliphatic heterocycles. The number of benzene rings is 2. The maximum Gasteiger partial charge on any atom is 0.210 e. The summed E-state index contributed by atoms with van der Waals surface area (Å²) in [6.07, 6.45) is 0. The van der Waals surface area contributed by atoms with Crippen molar-refractivity contribution in [2.24, 2.45) is 0 Å². The highest BCUT2D eigenvalue weighted by Gasteiger charge is 2.17. The van der Waals surface area contributed by atoms with Crippen LogP contribution in [0.3, 0.4) is 0 Å². The third-order valence-corrected chi connectivity index (χ3v) is 5.36. The monoisotopic (exact) mass is 388 g/mol. The van der Waals surface area contributed by atoms with Crippen LogP contribution < -0.4 is 10.6 Å². The standard InChI is InChI=1S/C19H21ClN4OS/c1-12-8-13(2)10-15(9-12)25-11-18-22-23-19(24(18)21)26-14(3)16-6-4-5-7-17(16)20/h4-10,14H,11,21H2,1-3H3. The maximum atomic E-state index is 6.27. The zero-order valence-corrected chi connectivity index (χ0v) is 16.5. The normalized spacial score (nSPS) is 12.2. The lowest BCUT2D eigenvalue weighted by atomic mass is 10.1.